The van der Waals surface area contributed by atoms with Gasteiger partial charge in [0.25, 0.3) is 0 Å². The van der Waals surface area contributed by atoms with E-state index in [4.69, 9.17) is 4.74 Å². The lowest BCUT2D eigenvalue weighted by Gasteiger charge is -2.27. The van der Waals surface area contributed by atoms with Crippen molar-refractivity contribution in [3.05, 3.63) is 12.4 Å². The first-order valence-corrected chi connectivity index (χ1v) is 7.60. The molecule has 1 aromatic heterocycles. The van der Waals surface area contributed by atoms with Crippen molar-refractivity contribution >= 4 is 16.0 Å². The van der Waals surface area contributed by atoms with Crippen molar-refractivity contribution in [2.24, 2.45) is 5.92 Å². The number of hydrogen-bond donors (Lipinski definition) is 2. The SMILES string of the molecule is COC(=O)C1CCC(NS(=O)(=O)c2cn[nH]c2)CC1. The number of hydrogen-bond acceptors (Lipinski definition) is 5. The first-order chi connectivity index (χ1) is 9.03. The molecule has 0 amide bonds. The molecule has 0 aliphatic heterocycles. The van der Waals surface area contributed by atoms with Gasteiger partial charge in [0.15, 0.2) is 0 Å². The third-order valence-corrected chi connectivity index (χ3v) is 4.85. The normalized spacial score (nSPS) is 24.1. The molecule has 8 heteroatoms. The monoisotopic (exact) mass is 287 g/mol. The summed E-state index contributed by atoms with van der Waals surface area (Å²) in [5.41, 5.74) is 0. The predicted molar refractivity (Wildman–Crippen MR) is 66.7 cm³/mol. The van der Waals surface area contributed by atoms with Crippen LogP contribution >= 0.6 is 0 Å². The van der Waals surface area contributed by atoms with E-state index in [-0.39, 0.29) is 22.8 Å². The number of H-pyrrole nitrogens is 1. The molecular weight excluding hydrogens is 270 g/mol. The number of nitrogens with one attached hydrogen (secondary N) is 2. The number of rotatable bonds is 4. The fourth-order valence-electron chi connectivity index (χ4n) is 2.29. The topological polar surface area (TPSA) is 101 Å². The first kappa shape index (κ1) is 14.0. The van der Waals surface area contributed by atoms with Gasteiger partial charge in [-0.15, -0.1) is 0 Å². The van der Waals surface area contributed by atoms with Gasteiger partial charge in [0, 0.05) is 12.2 Å². The Hall–Kier alpha value is -1.41. The first-order valence-electron chi connectivity index (χ1n) is 6.12. The lowest BCUT2D eigenvalue weighted by atomic mass is 9.86. The van der Waals surface area contributed by atoms with Crippen LogP contribution < -0.4 is 4.72 Å². The molecular formula is C11H17N3O4S. The molecule has 0 aromatic carbocycles. The van der Waals surface area contributed by atoms with E-state index in [1.54, 1.807) is 0 Å². The Bertz CT molecular complexity index is 518. The van der Waals surface area contributed by atoms with Gasteiger partial charge < -0.3 is 4.74 Å². The van der Waals surface area contributed by atoms with Crippen LogP contribution in [0.4, 0.5) is 0 Å². The second kappa shape index (κ2) is 5.70. The van der Waals surface area contributed by atoms with Crippen LogP contribution in [0.25, 0.3) is 0 Å². The van der Waals surface area contributed by atoms with Crippen molar-refractivity contribution in [2.75, 3.05) is 7.11 Å². The lowest BCUT2D eigenvalue weighted by Crippen LogP contribution is -2.38. The highest BCUT2D eigenvalue weighted by molar-refractivity contribution is 7.89. The molecule has 7 nitrogen and oxygen atoms in total. The standard InChI is InChI=1S/C11H17N3O4S/c1-18-11(15)8-2-4-9(5-3-8)14-19(16,17)10-6-12-13-7-10/h6-9,14H,2-5H2,1H3,(H,12,13). The maximum Gasteiger partial charge on any atom is 0.308 e. The Kier molecular flexibility index (Phi) is 4.20. The van der Waals surface area contributed by atoms with Gasteiger partial charge in [0.2, 0.25) is 10.0 Å². The van der Waals surface area contributed by atoms with E-state index in [0.717, 1.165) is 0 Å². The lowest BCUT2D eigenvalue weighted by molar-refractivity contribution is -0.146. The highest BCUT2D eigenvalue weighted by Crippen LogP contribution is 2.26. The van der Waals surface area contributed by atoms with E-state index in [1.807, 2.05) is 0 Å². The molecule has 0 atom stereocenters. The van der Waals surface area contributed by atoms with Crippen LogP contribution in [0.2, 0.25) is 0 Å². The largest absolute Gasteiger partial charge is 0.469 e. The Morgan fingerprint density at radius 3 is 2.63 bits per heavy atom. The molecule has 0 radical (unpaired) electrons. The molecule has 0 spiro atoms. The minimum atomic E-state index is -3.52. The molecule has 2 N–H and O–H groups in total. The second-order valence-electron chi connectivity index (χ2n) is 4.63. The van der Waals surface area contributed by atoms with Crippen LogP contribution in [0.15, 0.2) is 17.3 Å². The smallest absolute Gasteiger partial charge is 0.308 e. The van der Waals surface area contributed by atoms with Crippen LogP contribution in [0.5, 0.6) is 0 Å². The summed E-state index contributed by atoms with van der Waals surface area (Å²) in [5.74, 6) is -0.323. The summed E-state index contributed by atoms with van der Waals surface area (Å²) >= 11 is 0. The van der Waals surface area contributed by atoms with Crippen molar-refractivity contribution in [1.82, 2.24) is 14.9 Å². The van der Waals surface area contributed by atoms with Crippen molar-refractivity contribution in [1.29, 1.82) is 0 Å². The zero-order valence-electron chi connectivity index (χ0n) is 10.6. The fraction of sp³-hybridized carbons (Fsp3) is 0.636. The summed E-state index contributed by atoms with van der Waals surface area (Å²) in [7, 11) is -2.15. The molecule has 0 saturated heterocycles. The number of carbonyl (C=O) groups is 1. The maximum atomic E-state index is 12.0. The Morgan fingerprint density at radius 1 is 1.42 bits per heavy atom. The van der Waals surface area contributed by atoms with E-state index in [2.05, 4.69) is 14.9 Å². The quantitative estimate of drug-likeness (QED) is 0.782. The third kappa shape index (κ3) is 3.32. The van der Waals surface area contributed by atoms with Gasteiger partial charge in [-0.2, -0.15) is 5.10 Å². The van der Waals surface area contributed by atoms with E-state index < -0.39 is 10.0 Å². The number of methoxy groups -OCH3 is 1. The molecule has 0 unspecified atom stereocenters. The fourth-order valence-corrected chi connectivity index (χ4v) is 3.50. The van der Waals surface area contributed by atoms with Gasteiger partial charge in [-0.3, -0.25) is 9.89 Å². The molecule has 1 aliphatic carbocycles. The number of ether oxygens (including phenoxy) is 1. The summed E-state index contributed by atoms with van der Waals surface area (Å²) in [4.78, 5) is 11.5. The van der Waals surface area contributed by atoms with Crippen LogP contribution in [0.1, 0.15) is 25.7 Å². The molecule has 2 rings (SSSR count). The van der Waals surface area contributed by atoms with Crippen LogP contribution in [0, 0.1) is 5.92 Å². The number of aromatic nitrogens is 2. The van der Waals surface area contributed by atoms with Crippen molar-refractivity contribution in [2.45, 2.75) is 36.6 Å². The van der Waals surface area contributed by atoms with E-state index in [0.29, 0.717) is 25.7 Å². The van der Waals surface area contributed by atoms with Crippen LogP contribution in [-0.4, -0.2) is 37.7 Å². The molecule has 1 saturated carbocycles. The summed E-state index contributed by atoms with van der Waals surface area (Å²) in [6.45, 7) is 0. The van der Waals surface area contributed by atoms with Gasteiger partial charge in [0.05, 0.1) is 19.2 Å². The average Bonchev–Trinajstić information content (AvgIpc) is 2.93. The van der Waals surface area contributed by atoms with Gasteiger partial charge in [-0.05, 0) is 25.7 Å². The van der Waals surface area contributed by atoms with Gasteiger partial charge >= 0.3 is 5.97 Å². The zero-order valence-corrected chi connectivity index (χ0v) is 11.4. The Morgan fingerprint density at radius 2 is 2.11 bits per heavy atom. The zero-order chi connectivity index (χ0) is 13.9. The minimum Gasteiger partial charge on any atom is -0.469 e. The van der Waals surface area contributed by atoms with Gasteiger partial charge in [0.1, 0.15) is 4.90 Å². The number of carbonyl (C=O) groups excluding carboxylic acids is 1. The molecule has 19 heavy (non-hydrogen) atoms. The molecule has 1 aromatic rings. The summed E-state index contributed by atoms with van der Waals surface area (Å²) < 4.78 is 31.3. The van der Waals surface area contributed by atoms with Gasteiger partial charge in [-0.25, -0.2) is 13.1 Å². The van der Waals surface area contributed by atoms with E-state index in [9.17, 15) is 13.2 Å². The highest BCUT2D eigenvalue weighted by atomic mass is 32.2. The Labute approximate surface area is 111 Å². The molecule has 0 bridgehead atoms. The molecule has 106 valence electrons. The van der Waals surface area contributed by atoms with Crippen LogP contribution in [-0.2, 0) is 19.6 Å². The second-order valence-corrected chi connectivity index (χ2v) is 6.34. The van der Waals surface area contributed by atoms with Crippen molar-refractivity contribution < 1.29 is 17.9 Å². The predicted octanol–water partition coefficient (Wildman–Crippen LogP) is 0.420. The summed E-state index contributed by atoms with van der Waals surface area (Å²) in [6.07, 6.45) is 5.16. The Balaban J connectivity index is 1.91. The van der Waals surface area contributed by atoms with Crippen LogP contribution in [0.3, 0.4) is 0 Å². The third-order valence-electron chi connectivity index (χ3n) is 3.37. The summed E-state index contributed by atoms with van der Waals surface area (Å²) in [6, 6.07) is -0.138. The highest BCUT2D eigenvalue weighted by Gasteiger charge is 2.29. The number of esters is 1. The van der Waals surface area contributed by atoms with Gasteiger partial charge in [-0.1, -0.05) is 0 Å². The summed E-state index contributed by atoms with van der Waals surface area (Å²) in [5, 5.41) is 6.09. The number of nitrogens with zero attached hydrogens (tertiary/aromatic N) is 1. The molecule has 1 aliphatic rings. The molecule has 1 heterocycles. The number of sulfonamides is 1. The van der Waals surface area contributed by atoms with E-state index in [1.165, 1.54) is 19.5 Å². The van der Waals surface area contributed by atoms with E-state index >= 15 is 0 Å². The minimum absolute atomic E-state index is 0.111. The average molecular weight is 287 g/mol. The number of aromatic amines is 1. The van der Waals surface area contributed by atoms with Crippen molar-refractivity contribution in [3.8, 4) is 0 Å². The maximum absolute atomic E-state index is 12.0. The molecule has 1 fully saturated rings. The van der Waals surface area contributed by atoms with Crippen molar-refractivity contribution in [3.63, 3.8) is 0 Å².